The number of carbonyl (C=O) groups is 2. The van der Waals surface area contributed by atoms with Crippen molar-refractivity contribution in [3.05, 3.63) is 29.8 Å². The molecule has 0 aromatic heterocycles. The van der Waals surface area contributed by atoms with Gasteiger partial charge in [-0.2, -0.15) is 0 Å². The number of nitrogens with one attached hydrogen (secondary N) is 2. The molecule has 152 valence electrons. The maximum Gasteiger partial charge on any atom is 0.279 e. The predicted octanol–water partition coefficient (Wildman–Crippen LogP) is 1.74. The third kappa shape index (κ3) is 4.40. The van der Waals surface area contributed by atoms with E-state index in [0.717, 1.165) is 56.5 Å². The van der Waals surface area contributed by atoms with E-state index >= 15 is 0 Å². The Morgan fingerprint density at radius 3 is 2.61 bits per heavy atom. The number of para-hydroxylation sites is 1. The molecule has 3 fully saturated rings. The molecule has 1 aromatic carbocycles. The second-order valence-corrected chi connectivity index (χ2v) is 9.01. The van der Waals surface area contributed by atoms with E-state index in [-0.39, 0.29) is 5.91 Å². The number of hydrogen-bond donors (Lipinski definition) is 2. The van der Waals surface area contributed by atoms with Crippen molar-refractivity contribution in [2.75, 3.05) is 38.0 Å². The first kappa shape index (κ1) is 19.4. The Balaban J connectivity index is 1.20. The third-order valence-corrected chi connectivity index (χ3v) is 7.23. The van der Waals surface area contributed by atoms with E-state index in [2.05, 4.69) is 18.3 Å². The highest BCUT2D eigenvalue weighted by atomic mass is 16.2. The van der Waals surface area contributed by atoms with Crippen LogP contribution in [0.5, 0.6) is 0 Å². The molecule has 5 heteroatoms. The number of hydrogen-bond acceptors (Lipinski definition) is 2. The highest BCUT2D eigenvalue weighted by Crippen LogP contribution is 2.49. The van der Waals surface area contributed by atoms with E-state index in [1.165, 1.54) is 36.1 Å². The second kappa shape index (κ2) is 8.64. The van der Waals surface area contributed by atoms with Gasteiger partial charge in [0.05, 0.1) is 26.2 Å². The monoisotopic (exact) mass is 384 g/mol. The van der Waals surface area contributed by atoms with Crippen molar-refractivity contribution in [3.8, 4) is 0 Å². The first-order valence-corrected chi connectivity index (χ1v) is 11.1. The summed E-state index contributed by atoms with van der Waals surface area (Å²) in [5.74, 6) is 2.77. The highest BCUT2D eigenvalue weighted by molar-refractivity contribution is 5.92. The van der Waals surface area contributed by atoms with Gasteiger partial charge in [0, 0.05) is 12.1 Å². The lowest BCUT2D eigenvalue weighted by Gasteiger charge is -2.33. The number of nitrogens with zero attached hydrogens (tertiary/aromatic N) is 1. The van der Waals surface area contributed by atoms with Gasteiger partial charge in [0.2, 0.25) is 5.91 Å². The van der Waals surface area contributed by atoms with E-state index in [1.807, 2.05) is 23.1 Å². The lowest BCUT2D eigenvalue weighted by atomic mass is 9.86. The number of fused-ring (bicyclic) bond motifs is 2. The summed E-state index contributed by atoms with van der Waals surface area (Å²) in [6.45, 7) is 5.88. The van der Waals surface area contributed by atoms with Crippen LogP contribution in [-0.2, 0) is 16.0 Å². The quantitative estimate of drug-likeness (QED) is 0.785. The van der Waals surface area contributed by atoms with Crippen LogP contribution >= 0.6 is 0 Å². The number of amides is 2. The van der Waals surface area contributed by atoms with Crippen LogP contribution in [0.2, 0.25) is 0 Å². The number of aryl methyl sites for hydroxylation is 1. The molecule has 0 radical (unpaired) electrons. The Labute approximate surface area is 168 Å². The summed E-state index contributed by atoms with van der Waals surface area (Å²) in [5.41, 5.74) is 2.09. The summed E-state index contributed by atoms with van der Waals surface area (Å²) < 4.78 is 0. The fourth-order valence-electron chi connectivity index (χ4n) is 5.60. The second-order valence-electron chi connectivity index (χ2n) is 9.01. The van der Waals surface area contributed by atoms with Crippen LogP contribution < -0.4 is 10.2 Å². The molecule has 4 rings (SSSR count). The van der Waals surface area contributed by atoms with Gasteiger partial charge in [-0.05, 0) is 55.1 Å². The largest absolute Gasteiger partial charge is 0.331 e. The van der Waals surface area contributed by atoms with Gasteiger partial charge in [0.15, 0.2) is 6.54 Å². The van der Waals surface area contributed by atoms with E-state index in [0.29, 0.717) is 18.4 Å². The maximum atomic E-state index is 12.7. The molecular weight excluding hydrogens is 350 g/mol. The third-order valence-electron chi connectivity index (χ3n) is 7.23. The molecule has 1 saturated heterocycles. The van der Waals surface area contributed by atoms with Crippen LogP contribution in [0.1, 0.15) is 44.6 Å². The van der Waals surface area contributed by atoms with Crippen molar-refractivity contribution in [1.82, 2.24) is 4.90 Å². The van der Waals surface area contributed by atoms with Gasteiger partial charge < -0.3 is 15.1 Å². The maximum absolute atomic E-state index is 12.7. The van der Waals surface area contributed by atoms with E-state index in [1.54, 1.807) is 0 Å². The molecule has 1 aromatic rings. The van der Waals surface area contributed by atoms with Crippen LogP contribution in [0.4, 0.5) is 5.69 Å². The van der Waals surface area contributed by atoms with Gasteiger partial charge in [-0.25, -0.2) is 0 Å². The van der Waals surface area contributed by atoms with Crippen LogP contribution in [0.15, 0.2) is 24.3 Å². The van der Waals surface area contributed by atoms with Crippen molar-refractivity contribution in [3.63, 3.8) is 0 Å². The zero-order chi connectivity index (χ0) is 19.5. The molecule has 28 heavy (non-hydrogen) atoms. The average Bonchev–Trinajstić information content (AvgIpc) is 3.32. The molecule has 3 aliphatic rings. The van der Waals surface area contributed by atoms with Crippen LogP contribution in [0.3, 0.4) is 0 Å². The van der Waals surface area contributed by atoms with Crippen LogP contribution in [-0.4, -0.2) is 49.4 Å². The fraction of sp³-hybridized carbons (Fsp3) is 0.652. The minimum absolute atomic E-state index is 0.0673. The van der Waals surface area contributed by atoms with Crippen LogP contribution in [0.25, 0.3) is 0 Å². The van der Waals surface area contributed by atoms with Crippen molar-refractivity contribution in [2.45, 2.75) is 45.4 Å². The van der Waals surface area contributed by atoms with E-state index in [4.69, 9.17) is 0 Å². The van der Waals surface area contributed by atoms with E-state index in [9.17, 15) is 9.59 Å². The number of carbonyl (C=O) groups excluding carboxylic acids is 2. The molecule has 5 nitrogen and oxygen atoms in total. The fourth-order valence-corrected chi connectivity index (χ4v) is 5.60. The summed E-state index contributed by atoms with van der Waals surface area (Å²) in [4.78, 5) is 28.5. The molecule has 2 bridgehead atoms. The number of benzene rings is 1. The van der Waals surface area contributed by atoms with Gasteiger partial charge in [0.1, 0.15) is 0 Å². The number of rotatable bonds is 6. The molecule has 2 amide bonds. The highest BCUT2D eigenvalue weighted by Gasteiger charge is 2.41. The average molecular weight is 385 g/mol. The Kier molecular flexibility index (Phi) is 6.00. The first-order valence-electron chi connectivity index (χ1n) is 11.1. The molecule has 2 aliphatic carbocycles. The summed E-state index contributed by atoms with van der Waals surface area (Å²) in [7, 11) is 0. The predicted molar refractivity (Wildman–Crippen MR) is 110 cm³/mol. The number of piperazine rings is 1. The zero-order valence-electron chi connectivity index (χ0n) is 17.1. The SMILES string of the molecule is CCc1ccccc1NC(=O)C[NH+]1CCN(C(=O)C[C@H]2C[C@@H]3CC[C@@H]2C3)CC1. The normalized spacial score (nSPS) is 27.2. The van der Waals surface area contributed by atoms with Crippen LogP contribution in [0, 0.1) is 17.8 Å². The Hall–Kier alpha value is -1.88. The minimum Gasteiger partial charge on any atom is -0.331 e. The topological polar surface area (TPSA) is 53.9 Å². The van der Waals surface area contributed by atoms with Crippen molar-refractivity contribution < 1.29 is 14.5 Å². The van der Waals surface area contributed by atoms with Gasteiger partial charge in [-0.1, -0.05) is 31.5 Å². The molecule has 0 spiro atoms. The Morgan fingerprint density at radius 2 is 1.93 bits per heavy atom. The lowest BCUT2D eigenvalue weighted by Crippen LogP contribution is -3.15. The smallest absolute Gasteiger partial charge is 0.279 e. The van der Waals surface area contributed by atoms with Crippen molar-refractivity contribution in [2.24, 2.45) is 17.8 Å². The first-order chi connectivity index (χ1) is 13.6. The summed E-state index contributed by atoms with van der Waals surface area (Å²) in [5, 5.41) is 3.07. The Morgan fingerprint density at radius 1 is 1.14 bits per heavy atom. The van der Waals surface area contributed by atoms with Gasteiger partial charge in [-0.15, -0.1) is 0 Å². The molecular formula is C23H34N3O2+. The standard InChI is InChI=1S/C23H33N3O2/c1-2-18-5-3-4-6-21(18)24-22(27)16-25-9-11-26(12-10-25)23(28)15-20-14-17-7-8-19(20)13-17/h3-6,17,19-20H,2,7-16H2,1H3,(H,24,27)/p+1/t17-,19-,20-/m1/s1. The molecule has 1 aliphatic heterocycles. The molecule has 3 atom stereocenters. The number of anilines is 1. The summed E-state index contributed by atoms with van der Waals surface area (Å²) >= 11 is 0. The lowest BCUT2D eigenvalue weighted by molar-refractivity contribution is -0.895. The molecule has 0 unspecified atom stereocenters. The summed E-state index contributed by atoms with van der Waals surface area (Å²) in [6.07, 6.45) is 7.05. The minimum atomic E-state index is 0.0673. The van der Waals surface area contributed by atoms with Crippen molar-refractivity contribution in [1.29, 1.82) is 0 Å². The van der Waals surface area contributed by atoms with E-state index < -0.39 is 0 Å². The summed E-state index contributed by atoms with van der Waals surface area (Å²) in [6, 6.07) is 8.00. The Bertz CT molecular complexity index is 712. The number of quaternary nitrogens is 1. The van der Waals surface area contributed by atoms with Gasteiger partial charge in [0.25, 0.3) is 5.91 Å². The molecule has 1 heterocycles. The molecule has 2 saturated carbocycles. The van der Waals surface area contributed by atoms with Gasteiger partial charge in [-0.3, -0.25) is 9.59 Å². The van der Waals surface area contributed by atoms with Crippen molar-refractivity contribution >= 4 is 17.5 Å². The van der Waals surface area contributed by atoms with Gasteiger partial charge >= 0.3 is 0 Å². The zero-order valence-corrected chi connectivity index (χ0v) is 17.1. The molecule has 2 N–H and O–H groups in total.